The zero-order valence-electron chi connectivity index (χ0n) is 22.2. The molecule has 210 valence electrons. The largest absolute Gasteiger partial charge is 0.369 e. The lowest BCUT2D eigenvalue weighted by atomic mass is 10.1. The standard InChI is InChI=1S/C29H32FN5O4S/c1-21-6-12-24(13-7-21)40(38,39)35-26-5-3-2-4-25(26)32-29(37)27(35)20-28(36)31-22-8-10-23(11-9-22)34-18-16-33(15-14-30)17-19-34/h2-13,27H,14-20H2,1H3,(H,31,36)(H,32,37). The second kappa shape index (κ2) is 11.6. The van der Waals surface area contributed by atoms with Crippen LogP contribution in [0.3, 0.4) is 0 Å². The van der Waals surface area contributed by atoms with Crippen molar-refractivity contribution in [2.45, 2.75) is 24.3 Å². The summed E-state index contributed by atoms with van der Waals surface area (Å²) in [7, 11) is -4.16. The fraction of sp³-hybridized carbons (Fsp3) is 0.310. The Morgan fingerprint density at radius 2 is 1.65 bits per heavy atom. The Morgan fingerprint density at radius 3 is 2.33 bits per heavy atom. The normalized spacial score (nSPS) is 17.8. The number of carbonyl (C=O) groups excluding carboxylic acids is 2. The number of rotatable bonds is 8. The van der Waals surface area contributed by atoms with Crippen molar-refractivity contribution in [1.82, 2.24) is 4.90 Å². The van der Waals surface area contributed by atoms with Crippen LogP contribution in [0, 0.1) is 6.92 Å². The molecule has 0 saturated carbocycles. The number of halogens is 1. The quantitative estimate of drug-likeness (QED) is 0.433. The van der Waals surface area contributed by atoms with Gasteiger partial charge in [-0.1, -0.05) is 29.8 Å². The zero-order valence-corrected chi connectivity index (χ0v) is 23.0. The molecule has 0 aromatic heterocycles. The summed E-state index contributed by atoms with van der Waals surface area (Å²) in [6.07, 6.45) is -0.371. The van der Waals surface area contributed by atoms with E-state index in [0.717, 1.165) is 41.7 Å². The molecule has 0 aliphatic carbocycles. The Hall–Kier alpha value is -3.96. The fourth-order valence-electron chi connectivity index (χ4n) is 5.05. The molecule has 9 nitrogen and oxygen atoms in total. The molecule has 0 bridgehead atoms. The molecule has 2 aliphatic rings. The van der Waals surface area contributed by atoms with Crippen LogP contribution in [-0.2, 0) is 19.6 Å². The number of para-hydroxylation sites is 2. The molecule has 0 spiro atoms. The molecule has 1 atom stereocenters. The molecule has 2 N–H and O–H groups in total. The Morgan fingerprint density at radius 1 is 0.975 bits per heavy atom. The summed E-state index contributed by atoms with van der Waals surface area (Å²) in [6.45, 7) is 5.11. The van der Waals surface area contributed by atoms with Crippen molar-refractivity contribution in [2.75, 3.05) is 59.2 Å². The SMILES string of the molecule is Cc1ccc(S(=O)(=O)N2c3ccccc3NC(=O)C2CC(=O)Nc2ccc(N3CCN(CCF)CC3)cc2)cc1. The lowest BCUT2D eigenvalue weighted by Crippen LogP contribution is -2.52. The number of anilines is 4. The van der Waals surface area contributed by atoms with Crippen LogP contribution in [0.4, 0.5) is 27.1 Å². The van der Waals surface area contributed by atoms with Crippen LogP contribution in [-0.4, -0.2) is 70.6 Å². The van der Waals surface area contributed by atoms with Gasteiger partial charge in [0.2, 0.25) is 11.8 Å². The smallest absolute Gasteiger partial charge is 0.265 e. The molecule has 5 rings (SSSR count). The maximum atomic E-state index is 13.8. The van der Waals surface area contributed by atoms with Gasteiger partial charge in [0.15, 0.2) is 0 Å². The molecular weight excluding hydrogens is 533 g/mol. The first-order valence-corrected chi connectivity index (χ1v) is 14.6. The molecule has 40 heavy (non-hydrogen) atoms. The third-order valence-electron chi connectivity index (χ3n) is 7.23. The fourth-order valence-corrected chi connectivity index (χ4v) is 6.68. The molecule has 11 heteroatoms. The van der Waals surface area contributed by atoms with E-state index in [2.05, 4.69) is 20.4 Å². The third-order valence-corrected chi connectivity index (χ3v) is 9.07. The van der Waals surface area contributed by atoms with E-state index >= 15 is 0 Å². The van der Waals surface area contributed by atoms with Crippen molar-refractivity contribution < 1.29 is 22.4 Å². The summed E-state index contributed by atoms with van der Waals surface area (Å²) < 4.78 is 41.2. The van der Waals surface area contributed by atoms with Crippen molar-refractivity contribution in [3.8, 4) is 0 Å². The van der Waals surface area contributed by atoms with Crippen LogP contribution >= 0.6 is 0 Å². The highest BCUT2D eigenvalue weighted by Crippen LogP contribution is 2.37. The van der Waals surface area contributed by atoms with E-state index in [1.165, 1.54) is 12.1 Å². The van der Waals surface area contributed by atoms with E-state index in [-0.39, 0.29) is 18.0 Å². The van der Waals surface area contributed by atoms with Gasteiger partial charge in [-0.15, -0.1) is 0 Å². The minimum Gasteiger partial charge on any atom is -0.369 e. The number of alkyl halides is 1. The minimum absolute atomic E-state index is 0.0362. The van der Waals surface area contributed by atoms with E-state index in [4.69, 9.17) is 0 Å². The highest BCUT2D eigenvalue weighted by Gasteiger charge is 2.42. The van der Waals surface area contributed by atoms with Crippen LogP contribution in [0.25, 0.3) is 0 Å². The van der Waals surface area contributed by atoms with E-state index in [1.54, 1.807) is 48.5 Å². The average molecular weight is 566 g/mol. The first kappa shape index (κ1) is 27.6. The van der Waals surface area contributed by atoms with Gasteiger partial charge < -0.3 is 15.5 Å². The summed E-state index contributed by atoms with van der Waals surface area (Å²) in [5.74, 6) is -1.07. The number of hydrogen-bond acceptors (Lipinski definition) is 6. The first-order valence-electron chi connectivity index (χ1n) is 13.2. The van der Waals surface area contributed by atoms with Gasteiger partial charge in [0.25, 0.3) is 10.0 Å². The van der Waals surface area contributed by atoms with E-state index in [9.17, 15) is 22.4 Å². The van der Waals surface area contributed by atoms with Gasteiger partial charge in [0.1, 0.15) is 12.7 Å². The predicted molar refractivity (Wildman–Crippen MR) is 154 cm³/mol. The lowest BCUT2D eigenvalue weighted by Gasteiger charge is -2.36. The highest BCUT2D eigenvalue weighted by atomic mass is 32.2. The van der Waals surface area contributed by atoms with Crippen molar-refractivity contribution in [3.63, 3.8) is 0 Å². The summed E-state index contributed by atoms with van der Waals surface area (Å²) >= 11 is 0. The molecule has 3 aromatic rings. The van der Waals surface area contributed by atoms with Gasteiger partial charge in [-0.3, -0.25) is 18.8 Å². The van der Waals surface area contributed by atoms with Gasteiger partial charge in [0.05, 0.1) is 22.7 Å². The molecular formula is C29H32FN5O4S. The van der Waals surface area contributed by atoms with Crippen molar-refractivity contribution in [3.05, 3.63) is 78.4 Å². The number of piperazine rings is 1. The number of aryl methyl sites for hydroxylation is 1. The second-order valence-corrected chi connectivity index (χ2v) is 11.8. The molecule has 0 radical (unpaired) electrons. The molecule has 1 fully saturated rings. The van der Waals surface area contributed by atoms with Crippen molar-refractivity contribution >= 4 is 44.6 Å². The minimum atomic E-state index is -4.16. The van der Waals surface area contributed by atoms with Crippen LogP contribution in [0.5, 0.6) is 0 Å². The van der Waals surface area contributed by atoms with Crippen LogP contribution in [0.2, 0.25) is 0 Å². The number of fused-ring (bicyclic) bond motifs is 1. The predicted octanol–water partition coefficient (Wildman–Crippen LogP) is 3.63. The lowest BCUT2D eigenvalue weighted by molar-refractivity contribution is -0.122. The van der Waals surface area contributed by atoms with Gasteiger partial charge >= 0.3 is 0 Å². The highest BCUT2D eigenvalue weighted by molar-refractivity contribution is 7.93. The van der Waals surface area contributed by atoms with E-state index in [1.807, 2.05) is 19.1 Å². The molecule has 2 amide bonds. The van der Waals surface area contributed by atoms with E-state index < -0.39 is 27.9 Å². The van der Waals surface area contributed by atoms with Gasteiger partial charge in [-0.05, 0) is 55.5 Å². The monoisotopic (exact) mass is 565 g/mol. The van der Waals surface area contributed by atoms with E-state index in [0.29, 0.717) is 23.6 Å². The summed E-state index contributed by atoms with van der Waals surface area (Å²) in [4.78, 5) is 30.6. The van der Waals surface area contributed by atoms with Crippen LogP contribution < -0.4 is 19.8 Å². The first-order chi connectivity index (χ1) is 19.3. The van der Waals surface area contributed by atoms with Crippen molar-refractivity contribution in [2.24, 2.45) is 0 Å². The topological polar surface area (TPSA) is 102 Å². The van der Waals surface area contributed by atoms with Gasteiger partial charge in [-0.2, -0.15) is 0 Å². The number of sulfonamides is 1. The maximum absolute atomic E-state index is 13.8. The van der Waals surface area contributed by atoms with Crippen molar-refractivity contribution in [1.29, 1.82) is 0 Å². The average Bonchev–Trinajstić information content (AvgIpc) is 2.94. The molecule has 2 aliphatic heterocycles. The summed E-state index contributed by atoms with van der Waals surface area (Å²) in [5.41, 5.74) is 3.10. The number of amides is 2. The maximum Gasteiger partial charge on any atom is 0.265 e. The number of nitrogens with zero attached hydrogens (tertiary/aromatic N) is 3. The summed E-state index contributed by atoms with van der Waals surface area (Å²) in [5, 5.41) is 5.54. The summed E-state index contributed by atoms with van der Waals surface area (Å²) in [6, 6.07) is 19.1. The molecule has 1 unspecified atom stereocenters. The Bertz CT molecular complexity index is 1470. The van der Waals surface area contributed by atoms with Gasteiger partial charge in [-0.25, -0.2) is 12.8 Å². The second-order valence-electron chi connectivity index (χ2n) is 9.95. The number of carbonyl (C=O) groups is 2. The number of hydrogen-bond donors (Lipinski definition) is 2. The number of benzene rings is 3. The molecule has 2 heterocycles. The number of nitrogens with one attached hydrogen (secondary N) is 2. The molecule has 1 saturated heterocycles. The Labute approximate surface area is 233 Å². The Balaban J connectivity index is 1.32. The van der Waals surface area contributed by atoms with Gasteiger partial charge in [0, 0.05) is 44.1 Å². The van der Waals surface area contributed by atoms with Crippen LogP contribution in [0.15, 0.2) is 77.7 Å². The van der Waals surface area contributed by atoms with Crippen LogP contribution in [0.1, 0.15) is 12.0 Å². The zero-order chi connectivity index (χ0) is 28.3. The molecule has 3 aromatic carbocycles. The third kappa shape index (κ3) is 5.80. The Kier molecular flexibility index (Phi) is 8.04.